The van der Waals surface area contributed by atoms with Crippen molar-refractivity contribution in [3.8, 4) is 22.9 Å². The topological polar surface area (TPSA) is 33.0 Å². The van der Waals surface area contributed by atoms with Crippen LogP contribution in [0.5, 0.6) is 5.75 Å². The van der Waals surface area contributed by atoms with E-state index in [1.807, 2.05) is 0 Å². The van der Waals surface area contributed by atoms with E-state index >= 15 is 0 Å². The average molecular weight is 369 g/mol. The summed E-state index contributed by atoms with van der Waals surface area (Å²) < 4.78 is 33.9. The molecule has 0 radical (unpaired) electrons. The summed E-state index contributed by atoms with van der Waals surface area (Å²) in [5.74, 6) is 0.126. The minimum Gasteiger partial charge on any atom is -0.493 e. The minimum atomic E-state index is -1.10. The Balaban J connectivity index is 1.59. The zero-order chi connectivity index (χ0) is 19.2. The standard InChI is InChI=1S/C23H25F2NO/c1-2-3-16-4-6-17(7-5-16)15-27-20-11-8-18(9-12-20)21-13-10-19(14-26)22(24)23(21)25/h8-13,16-17H,2-7,15H2,1H3. The molecule has 0 N–H and O–H groups in total. The zero-order valence-electron chi connectivity index (χ0n) is 15.7. The van der Waals surface area contributed by atoms with Crippen molar-refractivity contribution in [2.75, 3.05) is 6.61 Å². The molecule has 27 heavy (non-hydrogen) atoms. The van der Waals surface area contributed by atoms with Crippen molar-refractivity contribution in [3.05, 3.63) is 53.6 Å². The summed E-state index contributed by atoms with van der Waals surface area (Å²) in [6.45, 7) is 2.95. The van der Waals surface area contributed by atoms with Crippen LogP contribution in [0.3, 0.4) is 0 Å². The number of nitriles is 1. The Bertz CT molecular complexity index is 802. The molecule has 0 heterocycles. The third-order valence-corrected chi connectivity index (χ3v) is 5.52. The predicted molar refractivity (Wildman–Crippen MR) is 102 cm³/mol. The first kappa shape index (κ1) is 19.4. The first-order valence-corrected chi connectivity index (χ1v) is 9.73. The molecule has 142 valence electrons. The van der Waals surface area contributed by atoms with Crippen molar-refractivity contribution in [1.82, 2.24) is 0 Å². The highest BCUT2D eigenvalue weighted by Crippen LogP contribution is 2.32. The molecule has 0 amide bonds. The second kappa shape index (κ2) is 8.99. The average Bonchev–Trinajstić information content (AvgIpc) is 2.70. The van der Waals surface area contributed by atoms with E-state index in [9.17, 15) is 8.78 Å². The molecule has 2 nitrogen and oxygen atoms in total. The van der Waals surface area contributed by atoms with E-state index in [2.05, 4.69) is 6.92 Å². The Hall–Kier alpha value is -2.41. The van der Waals surface area contributed by atoms with Crippen LogP contribution in [0.2, 0.25) is 0 Å². The lowest BCUT2D eigenvalue weighted by Gasteiger charge is -2.28. The van der Waals surface area contributed by atoms with Gasteiger partial charge in [-0.05, 0) is 54.5 Å². The van der Waals surface area contributed by atoms with Gasteiger partial charge in [0, 0.05) is 5.56 Å². The molecule has 1 aliphatic carbocycles. The number of benzene rings is 2. The van der Waals surface area contributed by atoms with Gasteiger partial charge in [0.25, 0.3) is 0 Å². The van der Waals surface area contributed by atoms with Crippen LogP contribution in [-0.4, -0.2) is 6.61 Å². The molecule has 0 aromatic heterocycles. The zero-order valence-corrected chi connectivity index (χ0v) is 15.7. The molecule has 2 aromatic carbocycles. The number of rotatable bonds is 6. The van der Waals surface area contributed by atoms with E-state index in [1.54, 1.807) is 30.3 Å². The molecule has 0 aliphatic heterocycles. The van der Waals surface area contributed by atoms with Gasteiger partial charge < -0.3 is 4.74 Å². The van der Waals surface area contributed by atoms with E-state index in [4.69, 9.17) is 10.00 Å². The molecule has 1 fully saturated rings. The van der Waals surface area contributed by atoms with Crippen molar-refractivity contribution in [3.63, 3.8) is 0 Å². The fourth-order valence-corrected chi connectivity index (χ4v) is 3.90. The van der Waals surface area contributed by atoms with Gasteiger partial charge in [-0.25, -0.2) is 8.78 Å². The van der Waals surface area contributed by atoms with Gasteiger partial charge in [0.1, 0.15) is 11.8 Å². The highest BCUT2D eigenvalue weighted by atomic mass is 19.2. The first-order chi connectivity index (χ1) is 13.1. The van der Waals surface area contributed by atoms with Crippen LogP contribution in [-0.2, 0) is 0 Å². The number of halogens is 2. The van der Waals surface area contributed by atoms with E-state index in [0.717, 1.165) is 11.7 Å². The molecule has 2 aromatic rings. The normalized spacial score (nSPS) is 19.5. The fraction of sp³-hybridized carbons (Fsp3) is 0.435. The first-order valence-electron chi connectivity index (χ1n) is 9.73. The maximum absolute atomic E-state index is 14.2. The van der Waals surface area contributed by atoms with Crippen LogP contribution in [0, 0.1) is 34.8 Å². The second-order valence-electron chi connectivity index (χ2n) is 7.41. The molecule has 4 heteroatoms. The Kier molecular flexibility index (Phi) is 6.45. The summed E-state index contributed by atoms with van der Waals surface area (Å²) in [6.07, 6.45) is 7.63. The maximum Gasteiger partial charge on any atom is 0.177 e. The largest absolute Gasteiger partial charge is 0.493 e. The molecular weight excluding hydrogens is 344 g/mol. The van der Waals surface area contributed by atoms with Crippen molar-refractivity contribution in [2.45, 2.75) is 45.4 Å². The van der Waals surface area contributed by atoms with Gasteiger partial charge >= 0.3 is 0 Å². The van der Waals surface area contributed by atoms with Crippen LogP contribution in [0.1, 0.15) is 51.0 Å². The Morgan fingerprint density at radius 2 is 1.63 bits per heavy atom. The third-order valence-electron chi connectivity index (χ3n) is 5.52. The summed E-state index contributed by atoms with van der Waals surface area (Å²) in [4.78, 5) is 0. The molecule has 0 spiro atoms. The lowest BCUT2D eigenvalue weighted by atomic mass is 9.80. The van der Waals surface area contributed by atoms with Crippen LogP contribution in [0.25, 0.3) is 11.1 Å². The summed E-state index contributed by atoms with van der Waals surface area (Å²) in [5.41, 5.74) is 0.417. The highest BCUT2D eigenvalue weighted by molar-refractivity contribution is 5.66. The number of nitrogens with zero attached hydrogens (tertiary/aromatic N) is 1. The van der Waals surface area contributed by atoms with Gasteiger partial charge in [-0.15, -0.1) is 0 Å². The molecule has 3 rings (SSSR count). The summed E-state index contributed by atoms with van der Waals surface area (Å²) in [5, 5.41) is 8.78. The molecule has 1 saturated carbocycles. The molecule has 0 bridgehead atoms. The van der Waals surface area contributed by atoms with E-state index < -0.39 is 11.6 Å². The third kappa shape index (κ3) is 4.66. The summed E-state index contributed by atoms with van der Waals surface area (Å²) >= 11 is 0. The highest BCUT2D eigenvalue weighted by Gasteiger charge is 2.21. The van der Waals surface area contributed by atoms with Crippen LogP contribution < -0.4 is 4.74 Å². The van der Waals surface area contributed by atoms with Gasteiger partial charge in [-0.2, -0.15) is 5.26 Å². The van der Waals surface area contributed by atoms with Crippen LogP contribution >= 0.6 is 0 Å². The molecule has 0 atom stereocenters. The van der Waals surface area contributed by atoms with E-state index in [1.165, 1.54) is 50.7 Å². The van der Waals surface area contributed by atoms with E-state index in [0.29, 0.717) is 18.1 Å². The number of hydrogen-bond donors (Lipinski definition) is 0. The van der Waals surface area contributed by atoms with Gasteiger partial charge in [0.05, 0.1) is 12.2 Å². The summed E-state index contributed by atoms with van der Waals surface area (Å²) in [7, 11) is 0. The van der Waals surface area contributed by atoms with Crippen molar-refractivity contribution in [2.24, 2.45) is 11.8 Å². The quantitative estimate of drug-likeness (QED) is 0.583. The van der Waals surface area contributed by atoms with E-state index in [-0.39, 0.29) is 11.1 Å². The number of ether oxygens (including phenoxy) is 1. The lowest BCUT2D eigenvalue weighted by molar-refractivity contribution is 0.178. The maximum atomic E-state index is 14.2. The molecule has 0 saturated heterocycles. The SMILES string of the molecule is CCCC1CCC(COc2ccc(-c3ccc(C#N)c(F)c3F)cc2)CC1. The molecular formula is C23H25F2NO. The van der Waals surface area contributed by atoms with Gasteiger partial charge in [-0.1, -0.05) is 44.7 Å². The van der Waals surface area contributed by atoms with Gasteiger partial charge in [0.2, 0.25) is 0 Å². The minimum absolute atomic E-state index is 0.146. The Morgan fingerprint density at radius 3 is 2.26 bits per heavy atom. The smallest absolute Gasteiger partial charge is 0.177 e. The molecule has 1 aliphatic rings. The van der Waals surface area contributed by atoms with Crippen molar-refractivity contribution < 1.29 is 13.5 Å². The van der Waals surface area contributed by atoms with Gasteiger partial charge in [0.15, 0.2) is 11.6 Å². The molecule has 0 unspecified atom stereocenters. The Morgan fingerprint density at radius 1 is 0.963 bits per heavy atom. The number of hydrogen-bond acceptors (Lipinski definition) is 2. The monoisotopic (exact) mass is 369 g/mol. The van der Waals surface area contributed by atoms with Crippen LogP contribution in [0.15, 0.2) is 36.4 Å². The Labute approximate surface area is 159 Å². The van der Waals surface area contributed by atoms with Crippen molar-refractivity contribution in [1.29, 1.82) is 5.26 Å². The summed E-state index contributed by atoms with van der Waals surface area (Å²) in [6, 6.07) is 11.4. The van der Waals surface area contributed by atoms with Gasteiger partial charge in [-0.3, -0.25) is 0 Å². The van der Waals surface area contributed by atoms with Crippen molar-refractivity contribution >= 4 is 0 Å². The van der Waals surface area contributed by atoms with Crippen LogP contribution in [0.4, 0.5) is 8.78 Å². The lowest BCUT2D eigenvalue weighted by Crippen LogP contribution is -2.20. The fourth-order valence-electron chi connectivity index (χ4n) is 3.90. The second-order valence-corrected chi connectivity index (χ2v) is 7.41. The predicted octanol–water partition coefficient (Wildman–Crippen LogP) is 6.49.